The van der Waals surface area contributed by atoms with E-state index >= 15 is 0 Å². The maximum Gasteiger partial charge on any atom is 0.277 e. The Morgan fingerprint density at radius 1 is 0.871 bits per heavy atom. The zero-order chi connectivity index (χ0) is 23.0. The van der Waals surface area contributed by atoms with E-state index in [0.29, 0.717) is 30.9 Å². The number of carbonyl (C=O) groups excluding carboxylic acids is 2. The standard InChI is InChI=1S/C25H39N3O3/c1-24(2,3)19-15-18(16-20(22(19)30)25(4,5)6)23(31)28-13-11-26(12-14-28)17-21(29)27-9-7-8-10-27/h15-16,30H,7-14,17H2,1-6H3/p+1. The molecule has 6 nitrogen and oxygen atoms in total. The lowest BCUT2D eigenvalue weighted by molar-refractivity contribution is -0.896. The van der Waals surface area contributed by atoms with E-state index in [1.54, 1.807) is 0 Å². The predicted octanol–water partition coefficient (Wildman–Crippen LogP) is 1.95. The van der Waals surface area contributed by atoms with Crippen LogP contribution in [-0.4, -0.2) is 72.5 Å². The third-order valence-corrected chi connectivity index (χ3v) is 6.59. The Morgan fingerprint density at radius 3 is 1.81 bits per heavy atom. The predicted molar refractivity (Wildman–Crippen MR) is 123 cm³/mol. The molecular weight excluding hydrogens is 390 g/mol. The number of likely N-dealkylation sites (tertiary alicyclic amines) is 1. The SMILES string of the molecule is CC(C)(C)c1cc(C(=O)N2CC[NH+](CC(=O)N3CCCC3)CC2)cc(C(C)(C)C)c1O. The molecule has 2 saturated heterocycles. The lowest BCUT2D eigenvalue weighted by Crippen LogP contribution is -3.15. The topological polar surface area (TPSA) is 65.3 Å². The molecule has 0 saturated carbocycles. The van der Waals surface area contributed by atoms with Crippen molar-refractivity contribution in [2.45, 2.75) is 65.2 Å². The average Bonchev–Trinajstić information content (AvgIpc) is 3.21. The van der Waals surface area contributed by atoms with Gasteiger partial charge in [-0.25, -0.2) is 0 Å². The number of nitrogens with one attached hydrogen (secondary N) is 1. The first kappa shape index (κ1) is 23.6. The van der Waals surface area contributed by atoms with E-state index in [0.717, 1.165) is 50.1 Å². The minimum absolute atomic E-state index is 0.0147. The molecule has 0 unspecified atom stereocenters. The molecule has 2 N–H and O–H groups in total. The number of hydrogen-bond donors (Lipinski definition) is 2. The second-order valence-corrected chi connectivity index (χ2v) is 11.2. The van der Waals surface area contributed by atoms with Crippen molar-refractivity contribution >= 4 is 11.8 Å². The van der Waals surface area contributed by atoms with Crippen LogP contribution in [0.5, 0.6) is 5.75 Å². The summed E-state index contributed by atoms with van der Waals surface area (Å²) in [6, 6.07) is 3.73. The van der Waals surface area contributed by atoms with Gasteiger partial charge in [-0.1, -0.05) is 41.5 Å². The molecule has 172 valence electrons. The van der Waals surface area contributed by atoms with Gasteiger partial charge in [0.05, 0.1) is 26.2 Å². The number of phenols is 1. The van der Waals surface area contributed by atoms with Crippen LogP contribution >= 0.6 is 0 Å². The van der Waals surface area contributed by atoms with E-state index in [9.17, 15) is 14.7 Å². The van der Waals surface area contributed by atoms with Crippen molar-refractivity contribution in [2.24, 2.45) is 0 Å². The maximum atomic E-state index is 13.4. The number of phenolic OH excluding ortho intramolecular Hbond substituents is 1. The Labute approximate surface area is 187 Å². The summed E-state index contributed by atoms with van der Waals surface area (Å²) in [5.41, 5.74) is 1.73. The van der Waals surface area contributed by atoms with Gasteiger partial charge in [0.1, 0.15) is 5.75 Å². The Balaban J connectivity index is 1.72. The fourth-order valence-electron chi connectivity index (χ4n) is 4.58. The summed E-state index contributed by atoms with van der Waals surface area (Å²) >= 11 is 0. The van der Waals surface area contributed by atoms with Crippen molar-refractivity contribution in [1.82, 2.24) is 9.80 Å². The first-order valence-electron chi connectivity index (χ1n) is 11.7. The molecule has 1 aromatic rings. The van der Waals surface area contributed by atoms with Gasteiger partial charge >= 0.3 is 0 Å². The third-order valence-electron chi connectivity index (χ3n) is 6.59. The molecule has 2 fully saturated rings. The number of piperazine rings is 1. The van der Waals surface area contributed by atoms with Gasteiger partial charge in [0.25, 0.3) is 11.8 Å². The molecule has 0 aromatic heterocycles. The summed E-state index contributed by atoms with van der Waals surface area (Å²) in [4.78, 5) is 30.9. The van der Waals surface area contributed by atoms with Gasteiger partial charge < -0.3 is 19.8 Å². The quantitative estimate of drug-likeness (QED) is 0.770. The van der Waals surface area contributed by atoms with E-state index < -0.39 is 0 Å². The number of quaternary nitrogens is 1. The lowest BCUT2D eigenvalue weighted by atomic mass is 9.78. The number of nitrogens with zero attached hydrogens (tertiary/aromatic N) is 2. The molecule has 0 radical (unpaired) electrons. The van der Waals surface area contributed by atoms with Gasteiger partial charge in [0.15, 0.2) is 6.54 Å². The second kappa shape index (κ2) is 8.81. The summed E-state index contributed by atoms with van der Waals surface area (Å²) in [6.45, 7) is 17.6. The number of aromatic hydroxyl groups is 1. The normalized spacial score (nSPS) is 18.5. The molecule has 2 aliphatic rings. The molecule has 31 heavy (non-hydrogen) atoms. The summed E-state index contributed by atoms with van der Waals surface area (Å²) in [7, 11) is 0. The van der Waals surface area contributed by atoms with E-state index in [2.05, 4.69) is 41.5 Å². The highest BCUT2D eigenvalue weighted by molar-refractivity contribution is 5.95. The molecule has 3 rings (SSSR count). The van der Waals surface area contributed by atoms with Gasteiger partial charge in [-0.15, -0.1) is 0 Å². The van der Waals surface area contributed by atoms with Crippen molar-refractivity contribution in [3.8, 4) is 5.75 Å². The molecule has 0 atom stereocenters. The number of carbonyl (C=O) groups is 2. The number of benzene rings is 1. The first-order chi connectivity index (χ1) is 14.4. The van der Waals surface area contributed by atoms with E-state index in [4.69, 9.17) is 0 Å². The fraction of sp³-hybridized carbons (Fsp3) is 0.680. The second-order valence-electron chi connectivity index (χ2n) is 11.2. The van der Waals surface area contributed by atoms with Crippen LogP contribution in [0, 0.1) is 0 Å². The molecule has 2 aliphatic heterocycles. The Hall–Kier alpha value is -2.08. The van der Waals surface area contributed by atoms with Crippen LogP contribution in [0.15, 0.2) is 12.1 Å². The van der Waals surface area contributed by atoms with Crippen LogP contribution in [0.3, 0.4) is 0 Å². The van der Waals surface area contributed by atoms with Gasteiger partial charge in [0.2, 0.25) is 0 Å². The van der Waals surface area contributed by atoms with Crippen LogP contribution < -0.4 is 4.90 Å². The number of amides is 2. The zero-order valence-corrected chi connectivity index (χ0v) is 20.2. The van der Waals surface area contributed by atoms with Gasteiger partial charge in [-0.3, -0.25) is 9.59 Å². The average molecular weight is 431 g/mol. The van der Waals surface area contributed by atoms with Crippen LogP contribution in [-0.2, 0) is 15.6 Å². The molecule has 2 amide bonds. The summed E-state index contributed by atoms with van der Waals surface area (Å²) < 4.78 is 0. The van der Waals surface area contributed by atoms with E-state index in [1.165, 1.54) is 4.90 Å². The smallest absolute Gasteiger partial charge is 0.277 e. The molecule has 0 aliphatic carbocycles. The van der Waals surface area contributed by atoms with Gasteiger partial charge in [-0.2, -0.15) is 0 Å². The molecule has 6 heteroatoms. The largest absolute Gasteiger partial charge is 0.507 e. The monoisotopic (exact) mass is 430 g/mol. The van der Waals surface area contributed by atoms with Crippen LogP contribution in [0.4, 0.5) is 0 Å². The highest BCUT2D eigenvalue weighted by Gasteiger charge is 2.31. The minimum atomic E-state index is -0.265. The number of rotatable bonds is 3. The summed E-state index contributed by atoms with van der Waals surface area (Å²) in [5.74, 6) is 0.558. The molecule has 0 bridgehead atoms. The summed E-state index contributed by atoms with van der Waals surface area (Å²) in [6.07, 6.45) is 2.23. The van der Waals surface area contributed by atoms with Crippen LogP contribution in [0.1, 0.15) is 75.9 Å². The van der Waals surface area contributed by atoms with Crippen LogP contribution in [0.2, 0.25) is 0 Å². The molecule has 0 spiro atoms. The first-order valence-corrected chi connectivity index (χ1v) is 11.7. The fourth-order valence-corrected chi connectivity index (χ4v) is 4.58. The van der Waals surface area contributed by atoms with E-state index in [-0.39, 0.29) is 22.6 Å². The zero-order valence-electron chi connectivity index (χ0n) is 20.2. The Morgan fingerprint density at radius 2 is 1.35 bits per heavy atom. The van der Waals surface area contributed by atoms with Crippen molar-refractivity contribution < 1.29 is 19.6 Å². The molecular formula is C25H40N3O3+. The lowest BCUT2D eigenvalue weighted by Gasteiger charge is -2.33. The Bertz CT molecular complexity index is 786. The van der Waals surface area contributed by atoms with Crippen molar-refractivity contribution in [3.05, 3.63) is 28.8 Å². The van der Waals surface area contributed by atoms with Crippen LogP contribution in [0.25, 0.3) is 0 Å². The van der Waals surface area contributed by atoms with Crippen molar-refractivity contribution in [3.63, 3.8) is 0 Å². The van der Waals surface area contributed by atoms with Gasteiger partial charge in [-0.05, 0) is 35.8 Å². The van der Waals surface area contributed by atoms with Crippen molar-refractivity contribution in [1.29, 1.82) is 0 Å². The highest BCUT2D eigenvalue weighted by atomic mass is 16.3. The van der Waals surface area contributed by atoms with E-state index in [1.807, 2.05) is 21.9 Å². The molecule has 1 aromatic carbocycles. The third kappa shape index (κ3) is 5.40. The Kier molecular flexibility index (Phi) is 6.70. The maximum absolute atomic E-state index is 13.4. The number of hydrogen-bond acceptors (Lipinski definition) is 3. The highest BCUT2D eigenvalue weighted by Crippen LogP contribution is 2.40. The van der Waals surface area contributed by atoms with Gasteiger partial charge in [0, 0.05) is 29.8 Å². The van der Waals surface area contributed by atoms with Crippen molar-refractivity contribution in [2.75, 3.05) is 45.8 Å². The minimum Gasteiger partial charge on any atom is -0.507 e. The molecule has 2 heterocycles. The summed E-state index contributed by atoms with van der Waals surface area (Å²) in [5, 5.41) is 10.9.